The van der Waals surface area contributed by atoms with Gasteiger partial charge in [0.05, 0.1) is 0 Å². The fourth-order valence-electron chi connectivity index (χ4n) is 2.45. The Bertz CT molecular complexity index is 896. The minimum absolute atomic E-state index is 0.232. The van der Waals surface area contributed by atoms with Crippen LogP contribution in [0, 0.1) is 12.7 Å². The molecule has 0 fully saturated rings. The zero-order chi connectivity index (χ0) is 18.4. The molecule has 5 nitrogen and oxygen atoms in total. The molecule has 1 heterocycles. The first-order valence-electron chi connectivity index (χ1n) is 8.27. The molecular weight excluding hydrogens is 331 g/mol. The second kappa shape index (κ2) is 8.20. The lowest BCUT2D eigenvalue weighted by Crippen LogP contribution is -2.24. The zero-order valence-corrected chi connectivity index (χ0v) is 14.4. The van der Waals surface area contributed by atoms with Gasteiger partial charge in [0.2, 0.25) is 0 Å². The molecule has 0 atom stereocenters. The van der Waals surface area contributed by atoms with Crippen molar-refractivity contribution in [3.8, 4) is 0 Å². The van der Waals surface area contributed by atoms with Gasteiger partial charge in [0, 0.05) is 18.7 Å². The van der Waals surface area contributed by atoms with Gasteiger partial charge in [0.1, 0.15) is 11.6 Å². The number of benzene rings is 2. The maximum absolute atomic E-state index is 13.6. The highest BCUT2D eigenvalue weighted by Gasteiger charge is 2.09. The lowest BCUT2D eigenvalue weighted by atomic mass is 10.1. The van der Waals surface area contributed by atoms with Gasteiger partial charge in [-0.1, -0.05) is 42.5 Å². The Morgan fingerprint density at radius 3 is 2.35 bits per heavy atom. The van der Waals surface area contributed by atoms with Gasteiger partial charge in [-0.25, -0.2) is 4.39 Å². The van der Waals surface area contributed by atoms with Crippen molar-refractivity contribution in [2.24, 2.45) is 0 Å². The van der Waals surface area contributed by atoms with Crippen molar-refractivity contribution in [2.45, 2.75) is 20.0 Å². The molecule has 132 valence electrons. The van der Waals surface area contributed by atoms with Crippen LogP contribution in [-0.4, -0.2) is 16.1 Å². The van der Waals surface area contributed by atoms with Crippen molar-refractivity contribution >= 4 is 11.7 Å². The molecule has 2 aromatic carbocycles. The Hall–Kier alpha value is -3.28. The Morgan fingerprint density at radius 2 is 1.65 bits per heavy atom. The van der Waals surface area contributed by atoms with Gasteiger partial charge >= 0.3 is 0 Å². The summed E-state index contributed by atoms with van der Waals surface area (Å²) < 4.78 is 13.6. The Kier molecular flexibility index (Phi) is 5.53. The van der Waals surface area contributed by atoms with Gasteiger partial charge in [-0.05, 0) is 36.2 Å². The number of nitrogens with one attached hydrogen (secondary N) is 2. The van der Waals surface area contributed by atoms with Crippen LogP contribution < -0.4 is 10.6 Å². The molecule has 0 saturated carbocycles. The quantitative estimate of drug-likeness (QED) is 0.714. The highest BCUT2D eigenvalue weighted by atomic mass is 19.1. The van der Waals surface area contributed by atoms with Gasteiger partial charge < -0.3 is 10.6 Å². The van der Waals surface area contributed by atoms with E-state index in [1.165, 1.54) is 6.07 Å². The smallest absolute Gasteiger partial charge is 0.272 e. The number of halogens is 1. The predicted octanol–water partition coefficient (Wildman–Crippen LogP) is 3.47. The van der Waals surface area contributed by atoms with Gasteiger partial charge in [0.15, 0.2) is 5.69 Å². The number of hydrogen-bond acceptors (Lipinski definition) is 4. The number of hydrogen-bond donors (Lipinski definition) is 2. The molecule has 2 N–H and O–H groups in total. The summed E-state index contributed by atoms with van der Waals surface area (Å²) in [6.07, 6.45) is 0. The predicted molar refractivity (Wildman–Crippen MR) is 98.1 cm³/mol. The summed E-state index contributed by atoms with van der Waals surface area (Å²) in [6, 6.07) is 17.6. The fourth-order valence-corrected chi connectivity index (χ4v) is 2.45. The third-order valence-electron chi connectivity index (χ3n) is 4.02. The molecule has 0 aliphatic heterocycles. The average Bonchev–Trinajstić information content (AvgIpc) is 2.67. The molecule has 1 amide bonds. The number of rotatable bonds is 6. The number of anilines is 1. The van der Waals surface area contributed by atoms with Crippen molar-refractivity contribution in [1.82, 2.24) is 15.5 Å². The molecule has 0 spiro atoms. The van der Waals surface area contributed by atoms with Crippen molar-refractivity contribution in [3.05, 3.63) is 88.9 Å². The summed E-state index contributed by atoms with van der Waals surface area (Å²) in [7, 11) is 0. The third kappa shape index (κ3) is 4.42. The zero-order valence-electron chi connectivity index (χ0n) is 14.4. The maximum atomic E-state index is 13.6. The molecule has 0 bridgehead atoms. The first kappa shape index (κ1) is 17.5. The van der Waals surface area contributed by atoms with E-state index in [2.05, 4.69) is 20.8 Å². The third-order valence-corrected chi connectivity index (χ3v) is 4.02. The Balaban J connectivity index is 1.56. The Morgan fingerprint density at radius 1 is 0.923 bits per heavy atom. The van der Waals surface area contributed by atoms with Crippen LogP contribution in [0.1, 0.15) is 27.2 Å². The van der Waals surface area contributed by atoms with E-state index in [1.54, 1.807) is 30.3 Å². The van der Waals surface area contributed by atoms with Crippen LogP contribution in [0.2, 0.25) is 0 Å². The summed E-state index contributed by atoms with van der Waals surface area (Å²) in [4.78, 5) is 12.2. The van der Waals surface area contributed by atoms with E-state index in [4.69, 9.17) is 0 Å². The number of aromatic nitrogens is 2. The lowest BCUT2D eigenvalue weighted by molar-refractivity contribution is 0.0945. The van der Waals surface area contributed by atoms with Crippen molar-refractivity contribution in [1.29, 1.82) is 0 Å². The summed E-state index contributed by atoms with van der Waals surface area (Å²) in [6.45, 7) is 2.72. The van der Waals surface area contributed by atoms with Crippen LogP contribution in [0.3, 0.4) is 0 Å². The molecule has 0 radical (unpaired) electrons. The standard InChI is InChI=1S/C20H19FN4O/c1-14-6-2-3-7-15(14)12-23-20(26)18-10-11-19(25-24-18)22-13-16-8-4-5-9-17(16)21/h2-11H,12-13H2,1H3,(H,22,25)(H,23,26). The molecule has 26 heavy (non-hydrogen) atoms. The van der Waals surface area contributed by atoms with Crippen LogP contribution in [-0.2, 0) is 13.1 Å². The minimum Gasteiger partial charge on any atom is -0.364 e. The van der Waals surface area contributed by atoms with E-state index in [0.29, 0.717) is 24.5 Å². The molecule has 0 saturated heterocycles. The van der Waals surface area contributed by atoms with Gasteiger partial charge in [-0.2, -0.15) is 0 Å². The average molecular weight is 350 g/mol. The van der Waals surface area contributed by atoms with E-state index in [0.717, 1.165) is 11.1 Å². The van der Waals surface area contributed by atoms with Gasteiger partial charge in [0.25, 0.3) is 5.91 Å². The summed E-state index contributed by atoms with van der Waals surface area (Å²) in [5, 5.41) is 13.7. The number of aryl methyl sites for hydroxylation is 1. The highest BCUT2D eigenvalue weighted by molar-refractivity contribution is 5.92. The Labute approximate surface area is 151 Å². The number of carbonyl (C=O) groups excluding carboxylic acids is 1. The molecule has 0 aliphatic rings. The van der Waals surface area contributed by atoms with Crippen molar-refractivity contribution in [3.63, 3.8) is 0 Å². The van der Waals surface area contributed by atoms with Crippen molar-refractivity contribution < 1.29 is 9.18 Å². The monoisotopic (exact) mass is 350 g/mol. The van der Waals surface area contributed by atoms with Crippen LogP contribution in [0.15, 0.2) is 60.7 Å². The van der Waals surface area contributed by atoms with E-state index >= 15 is 0 Å². The van der Waals surface area contributed by atoms with E-state index in [-0.39, 0.29) is 17.4 Å². The second-order valence-electron chi connectivity index (χ2n) is 5.86. The normalized spacial score (nSPS) is 10.4. The second-order valence-corrected chi connectivity index (χ2v) is 5.86. The molecule has 0 aliphatic carbocycles. The molecule has 3 aromatic rings. The van der Waals surface area contributed by atoms with E-state index in [1.807, 2.05) is 31.2 Å². The molecular formula is C20H19FN4O. The van der Waals surface area contributed by atoms with E-state index < -0.39 is 0 Å². The molecule has 0 unspecified atom stereocenters. The summed E-state index contributed by atoms with van der Waals surface area (Å²) >= 11 is 0. The van der Waals surface area contributed by atoms with E-state index in [9.17, 15) is 9.18 Å². The first-order chi connectivity index (χ1) is 12.6. The van der Waals surface area contributed by atoms with Crippen LogP contribution in [0.25, 0.3) is 0 Å². The first-order valence-corrected chi connectivity index (χ1v) is 8.27. The van der Waals surface area contributed by atoms with Crippen molar-refractivity contribution in [2.75, 3.05) is 5.32 Å². The van der Waals surface area contributed by atoms with Gasteiger partial charge in [-0.3, -0.25) is 4.79 Å². The van der Waals surface area contributed by atoms with Gasteiger partial charge in [-0.15, -0.1) is 10.2 Å². The molecule has 6 heteroatoms. The number of amides is 1. The highest BCUT2D eigenvalue weighted by Crippen LogP contribution is 2.10. The topological polar surface area (TPSA) is 66.9 Å². The molecule has 3 rings (SSSR count). The minimum atomic E-state index is -0.290. The summed E-state index contributed by atoms with van der Waals surface area (Å²) in [5.41, 5.74) is 2.94. The van der Waals surface area contributed by atoms with Crippen LogP contribution in [0.4, 0.5) is 10.2 Å². The fraction of sp³-hybridized carbons (Fsp3) is 0.150. The SMILES string of the molecule is Cc1ccccc1CNC(=O)c1ccc(NCc2ccccc2F)nn1. The lowest BCUT2D eigenvalue weighted by Gasteiger charge is -2.08. The number of carbonyl (C=O) groups is 1. The summed E-state index contributed by atoms with van der Waals surface area (Å²) in [5.74, 6) is -0.0923. The molecule has 1 aromatic heterocycles. The van der Waals surface area contributed by atoms with Crippen LogP contribution >= 0.6 is 0 Å². The largest absolute Gasteiger partial charge is 0.364 e. The van der Waals surface area contributed by atoms with Crippen LogP contribution in [0.5, 0.6) is 0 Å². The maximum Gasteiger partial charge on any atom is 0.272 e. The number of nitrogens with zero attached hydrogens (tertiary/aromatic N) is 2.